The van der Waals surface area contributed by atoms with Crippen molar-refractivity contribution in [3.8, 4) is 0 Å². The molecule has 0 unspecified atom stereocenters. The van der Waals surface area contributed by atoms with Gasteiger partial charge in [0.2, 0.25) is 0 Å². The van der Waals surface area contributed by atoms with Crippen molar-refractivity contribution in [3.05, 3.63) is 158 Å². The van der Waals surface area contributed by atoms with Gasteiger partial charge in [0.05, 0.1) is 19.5 Å². The molecule has 24 heteroatoms. The SMILES string of the molecule is O=S(=O)(O)c1ccsc1C1=c2ccc([nH]2)=C(c2sccc2S(=O)(=O)O)c2ccc([nH]2)C(c2sccc2S(=O)(=O)O)=c2ccc([nH]2)=C(c2sccc2S(=O)(=O)O)c2ccc1[nH]2. The molecule has 8 aromatic heterocycles. The summed E-state index contributed by atoms with van der Waals surface area (Å²) in [5.74, 6) is 0. The Morgan fingerprint density at radius 2 is 0.533 bits per heavy atom. The highest BCUT2D eigenvalue weighted by Gasteiger charge is 2.29. The molecule has 0 atom stereocenters. The third-order valence-electron chi connectivity index (χ3n) is 9.43. The molecule has 0 saturated heterocycles. The van der Waals surface area contributed by atoms with Gasteiger partial charge in [0.1, 0.15) is 19.6 Å². The Morgan fingerprint density at radius 3 is 0.733 bits per heavy atom. The zero-order valence-corrected chi connectivity index (χ0v) is 36.1. The first-order valence-electron chi connectivity index (χ1n) is 16.8. The predicted octanol–water partition coefficient (Wildman–Crippen LogP) is 3.53. The number of H-pyrrole nitrogens is 4. The molecule has 0 radical (unpaired) electrons. The van der Waals surface area contributed by atoms with Gasteiger partial charge in [0, 0.05) is 66.5 Å². The van der Waals surface area contributed by atoms with Crippen LogP contribution in [0.4, 0.5) is 0 Å². The number of aromatic amines is 4. The number of rotatable bonds is 8. The highest BCUT2D eigenvalue weighted by molar-refractivity contribution is 7.87. The fourth-order valence-electron chi connectivity index (χ4n) is 7.04. The summed E-state index contributed by atoms with van der Waals surface area (Å²) in [6.07, 6.45) is 0. The number of aromatic nitrogens is 4. The van der Waals surface area contributed by atoms with E-state index >= 15 is 0 Å². The van der Waals surface area contributed by atoms with Crippen molar-refractivity contribution in [1.29, 1.82) is 0 Å². The minimum absolute atomic E-state index is 0.0992. The first-order valence-corrected chi connectivity index (χ1v) is 26.0. The van der Waals surface area contributed by atoms with E-state index in [1.807, 2.05) is 0 Å². The van der Waals surface area contributed by atoms with E-state index in [1.165, 1.54) is 45.8 Å². The predicted molar refractivity (Wildman–Crippen MR) is 225 cm³/mol. The molecule has 0 amide bonds. The normalized spacial score (nSPS) is 14.1. The van der Waals surface area contributed by atoms with Crippen LogP contribution in [0.15, 0.2) is 114 Å². The minimum atomic E-state index is -4.79. The summed E-state index contributed by atoms with van der Waals surface area (Å²) < 4.78 is 143. The van der Waals surface area contributed by atoms with Crippen LogP contribution in [0.5, 0.6) is 0 Å². The van der Waals surface area contributed by atoms with Crippen molar-refractivity contribution in [3.63, 3.8) is 0 Å². The van der Waals surface area contributed by atoms with Crippen LogP contribution < -0.4 is 21.4 Å². The summed E-state index contributed by atoms with van der Waals surface area (Å²) >= 11 is 3.99. The van der Waals surface area contributed by atoms with E-state index in [0.29, 0.717) is 0 Å². The Morgan fingerprint density at radius 1 is 0.317 bits per heavy atom. The van der Waals surface area contributed by atoms with E-state index in [1.54, 1.807) is 48.5 Å². The molecule has 0 spiro atoms. The molecule has 0 aliphatic carbocycles. The molecule has 0 fully saturated rings. The van der Waals surface area contributed by atoms with Gasteiger partial charge in [0.15, 0.2) is 0 Å². The largest absolute Gasteiger partial charge is 0.354 e. The molecule has 8 aromatic rings. The number of hydrogen-bond donors (Lipinski definition) is 8. The lowest BCUT2D eigenvalue weighted by molar-refractivity contribution is 0.481. The second kappa shape index (κ2) is 14.3. The average Bonchev–Trinajstić information content (AvgIpc) is 3.98. The second-order valence-corrected chi connectivity index (χ2v) is 22.2. The zero-order valence-electron chi connectivity index (χ0n) is 29.6. The molecule has 0 saturated carbocycles. The van der Waals surface area contributed by atoms with Crippen molar-refractivity contribution in [1.82, 2.24) is 19.9 Å². The summed E-state index contributed by atoms with van der Waals surface area (Å²) in [6, 6.07) is 17.7. The number of thiophene rings is 4. The molecule has 308 valence electrons. The molecule has 9 heterocycles. The van der Waals surface area contributed by atoms with Crippen LogP contribution in [-0.2, 0) is 40.5 Å². The van der Waals surface area contributed by atoms with Gasteiger partial charge >= 0.3 is 0 Å². The standard InChI is InChI=1S/C36H24N4O12S8/c41-57(42,43)25-9-13-53-33(25)29-17-1-2-18(37-17)30(34-26(10-14-54-34)58(44,45)46)20-5-6-22(39-20)32(36-28(12-16-56-36)60(50,51)52)24-8-7-23(40-24)31(21-4-3-19(29)38-21)35-27(11-15-55-35)59(47,48)49/h1-16,37-40H,(H,41,42,43)(H,44,45,46)(H,47,48,49)(H,50,51,52). The molecule has 1 aliphatic heterocycles. The lowest BCUT2D eigenvalue weighted by Crippen LogP contribution is -2.19. The van der Waals surface area contributed by atoms with Crippen molar-refractivity contribution in [2.45, 2.75) is 19.6 Å². The lowest BCUT2D eigenvalue weighted by Gasteiger charge is -2.09. The fraction of sp³-hybridized carbons (Fsp3) is 0. The van der Waals surface area contributed by atoms with E-state index in [4.69, 9.17) is 0 Å². The van der Waals surface area contributed by atoms with Crippen LogP contribution in [0.2, 0.25) is 0 Å². The second-order valence-electron chi connectivity index (χ2n) is 13.0. The van der Waals surface area contributed by atoms with Gasteiger partial charge in [-0.1, -0.05) is 0 Å². The van der Waals surface area contributed by atoms with Crippen LogP contribution in [0.25, 0.3) is 22.3 Å². The summed E-state index contributed by atoms with van der Waals surface area (Å²) in [4.78, 5) is 11.8. The molecule has 1 aliphatic rings. The molecule has 8 bridgehead atoms. The summed E-state index contributed by atoms with van der Waals surface area (Å²) in [6.45, 7) is 0. The summed E-state index contributed by atoms with van der Waals surface area (Å²) in [7, 11) is -19.2. The van der Waals surface area contributed by atoms with Crippen LogP contribution >= 0.6 is 45.3 Å². The Labute approximate surface area is 354 Å². The van der Waals surface area contributed by atoms with Crippen LogP contribution in [0, 0.1) is 0 Å². The third-order valence-corrected chi connectivity index (χ3v) is 17.3. The monoisotopic (exact) mass is 960 g/mol. The molecular weight excluding hydrogens is 937 g/mol. The Bertz CT molecular complexity index is 3310. The van der Waals surface area contributed by atoms with Gasteiger partial charge in [-0.05, 0) is 94.3 Å². The number of nitrogens with one attached hydrogen (secondary N) is 4. The van der Waals surface area contributed by atoms with Gasteiger partial charge < -0.3 is 19.9 Å². The highest BCUT2D eigenvalue weighted by atomic mass is 32.2. The lowest BCUT2D eigenvalue weighted by atomic mass is 10.1. The van der Waals surface area contributed by atoms with Gasteiger partial charge in [-0.2, -0.15) is 33.7 Å². The third kappa shape index (κ3) is 7.02. The average molecular weight is 961 g/mol. The van der Waals surface area contributed by atoms with Gasteiger partial charge in [-0.25, -0.2) is 0 Å². The van der Waals surface area contributed by atoms with E-state index in [-0.39, 0.29) is 86.0 Å². The van der Waals surface area contributed by atoms with E-state index in [2.05, 4.69) is 19.9 Å². The van der Waals surface area contributed by atoms with Gasteiger partial charge in [-0.3, -0.25) is 18.2 Å². The molecule has 9 rings (SSSR count). The van der Waals surface area contributed by atoms with Gasteiger partial charge in [-0.15, -0.1) is 45.3 Å². The quantitative estimate of drug-likeness (QED) is 0.102. The smallest absolute Gasteiger partial charge is 0.295 e. The molecule has 0 aromatic carbocycles. The van der Waals surface area contributed by atoms with Crippen LogP contribution in [-0.4, -0.2) is 71.8 Å². The van der Waals surface area contributed by atoms with Crippen LogP contribution in [0.1, 0.15) is 42.3 Å². The zero-order chi connectivity index (χ0) is 42.5. The van der Waals surface area contributed by atoms with Crippen molar-refractivity contribution >= 4 is 108 Å². The maximum absolute atomic E-state index is 12.7. The van der Waals surface area contributed by atoms with E-state index < -0.39 is 60.1 Å². The molecule has 16 nitrogen and oxygen atoms in total. The molecular formula is C36H24N4O12S8. The van der Waals surface area contributed by atoms with Crippen molar-refractivity contribution in [2.24, 2.45) is 0 Å². The molecule has 8 N–H and O–H groups in total. The number of fused-ring (bicyclic) bond motifs is 8. The van der Waals surface area contributed by atoms with Crippen molar-refractivity contribution < 1.29 is 51.9 Å². The topological polar surface area (TPSA) is 281 Å². The van der Waals surface area contributed by atoms with Crippen molar-refractivity contribution in [2.75, 3.05) is 0 Å². The Hall–Kier alpha value is -4.96. The molecule has 60 heavy (non-hydrogen) atoms. The summed E-state index contributed by atoms with van der Waals surface area (Å²) in [5, 5.41) is 6.97. The minimum Gasteiger partial charge on any atom is -0.354 e. The summed E-state index contributed by atoms with van der Waals surface area (Å²) in [5.41, 5.74) is 2.01. The first kappa shape index (κ1) is 40.4. The number of hydrogen-bond acceptors (Lipinski definition) is 12. The van der Waals surface area contributed by atoms with Crippen LogP contribution in [0.3, 0.4) is 0 Å². The van der Waals surface area contributed by atoms with Gasteiger partial charge in [0.25, 0.3) is 40.5 Å². The Kier molecular flexibility index (Phi) is 9.65. The fourth-order valence-corrected chi connectivity index (χ4v) is 15.0. The van der Waals surface area contributed by atoms with E-state index in [0.717, 1.165) is 45.3 Å². The maximum atomic E-state index is 12.7. The highest BCUT2D eigenvalue weighted by Crippen LogP contribution is 2.37. The maximum Gasteiger partial charge on any atom is 0.295 e. The first-order chi connectivity index (χ1) is 28.3. The Balaban J connectivity index is 1.49. The van der Waals surface area contributed by atoms with E-state index in [9.17, 15) is 51.9 Å².